The van der Waals surface area contributed by atoms with Crippen LogP contribution in [0.2, 0.25) is 0 Å². The molecule has 0 saturated heterocycles. The van der Waals surface area contributed by atoms with Crippen LogP contribution >= 0.6 is 0 Å². The van der Waals surface area contributed by atoms with Crippen molar-refractivity contribution in [3.05, 3.63) is 29.8 Å². The van der Waals surface area contributed by atoms with Crippen molar-refractivity contribution in [2.24, 2.45) is 5.92 Å². The number of methoxy groups -OCH3 is 1. The van der Waals surface area contributed by atoms with E-state index in [4.69, 9.17) is 9.47 Å². The van der Waals surface area contributed by atoms with Gasteiger partial charge in [0, 0.05) is 19.6 Å². The molecule has 2 rings (SSSR count). The minimum Gasteiger partial charge on any atom is -0.491 e. The first-order chi connectivity index (χ1) is 9.29. The first-order valence-electron chi connectivity index (χ1n) is 6.78. The third-order valence-corrected chi connectivity index (χ3v) is 3.42. The highest BCUT2D eigenvalue weighted by molar-refractivity contribution is 5.79. The molecule has 0 atom stereocenters. The normalized spacial score (nSPS) is 14.8. The second-order valence-corrected chi connectivity index (χ2v) is 4.83. The lowest BCUT2D eigenvalue weighted by Gasteiger charge is -2.24. The maximum Gasteiger partial charge on any atom is 0.223 e. The molecule has 1 amide bonds. The Labute approximate surface area is 114 Å². The Kier molecular flexibility index (Phi) is 5.21. The molecule has 0 radical (unpaired) electrons. The summed E-state index contributed by atoms with van der Waals surface area (Å²) in [5.74, 6) is 1.26. The molecule has 19 heavy (non-hydrogen) atoms. The van der Waals surface area contributed by atoms with Crippen LogP contribution in [0.5, 0.6) is 5.75 Å². The predicted molar refractivity (Wildman–Crippen MR) is 73.0 cm³/mol. The van der Waals surface area contributed by atoms with Crippen molar-refractivity contribution >= 4 is 5.91 Å². The van der Waals surface area contributed by atoms with Crippen LogP contribution in [0.3, 0.4) is 0 Å². The van der Waals surface area contributed by atoms with Gasteiger partial charge in [-0.05, 0) is 30.5 Å². The maximum atomic E-state index is 11.7. The molecule has 1 aromatic rings. The summed E-state index contributed by atoms with van der Waals surface area (Å²) < 4.78 is 10.4. The van der Waals surface area contributed by atoms with Crippen molar-refractivity contribution in [2.75, 3.05) is 20.3 Å². The highest BCUT2D eigenvalue weighted by atomic mass is 16.5. The first-order valence-corrected chi connectivity index (χ1v) is 6.78. The molecular formula is C15H21NO3. The molecule has 1 aliphatic carbocycles. The van der Waals surface area contributed by atoms with Crippen molar-refractivity contribution in [1.29, 1.82) is 0 Å². The molecule has 0 unspecified atom stereocenters. The molecule has 0 spiro atoms. The average Bonchev–Trinajstić information content (AvgIpc) is 2.36. The summed E-state index contributed by atoms with van der Waals surface area (Å²) in [6, 6.07) is 7.79. The molecule has 104 valence electrons. The van der Waals surface area contributed by atoms with Gasteiger partial charge in [-0.2, -0.15) is 0 Å². The van der Waals surface area contributed by atoms with Gasteiger partial charge >= 0.3 is 0 Å². The number of hydrogen-bond acceptors (Lipinski definition) is 3. The molecule has 1 aliphatic rings. The fourth-order valence-electron chi connectivity index (χ4n) is 1.95. The summed E-state index contributed by atoms with van der Waals surface area (Å²) >= 11 is 0. The van der Waals surface area contributed by atoms with E-state index >= 15 is 0 Å². The molecule has 0 bridgehead atoms. The fourth-order valence-corrected chi connectivity index (χ4v) is 1.95. The van der Waals surface area contributed by atoms with E-state index in [1.165, 1.54) is 6.42 Å². The van der Waals surface area contributed by atoms with Crippen LogP contribution in [0.1, 0.15) is 24.8 Å². The fraction of sp³-hybridized carbons (Fsp3) is 0.533. The van der Waals surface area contributed by atoms with E-state index in [9.17, 15) is 4.79 Å². The lowest BCUT2D eigenvalue weighted by Crippen LogP contribution is -2.33. The molecule has 4 nitrogen and oxygen atoms in total. The summed E-state index contributed by atoms with van der Waals surface area (Å²) in [4.78, 5) is 11.7. The minimum absolute atomic E-state index is 0.187. The van der Waals surface area contributed by atoms with E-state index in [2.05, 4.69) is 5.32 Å². The zero-order valence-electron chi connectivity index (χ0n) is 11.4. The van der Waals surface area contributed by atoms with Gasteiger partial charge in [0.15, 0.2) is 0 Å². The van der Waals surface area contributed by atoms with E-state index in [1.54, 1.807) is 7.11 Å². The SMILES string of the molecule is COCCOc1ccc(CNC(=O)C2CCC2)cc1. The van der Waals surface area contributed by atoms with Gasteiger partial charge in [0.1, 0.15) is 12.4 Å². The van der Waals surface area contributed by atoms with Gasteiger partial charge in [-0.25, -0.2) is 0 Å². The Morgan fingerprint density at radius 1 is 1.26 bits per heavy atom. The van der Waals surface area contributed by atoms with Gasteiger partial charge in [-0.15, -0.1) is 0 Å². The van der Waals surface area contributed by atoms with Crippen LogP contribution in [-0.4, -0.2) is 26.2 Å². The lowest BCUT2D eigenvalue weighted by molar-refractivity contribution is -0.127. The van der Waals surface area contributed by atoms with Gasteiger partial charge in [0.05, 0.1) is 6.61 Å². The third kappa shape index (κ3) is 4.24. The summed E-state index contributed by atoms with van der Waals surface area (Å²) in [5.41, 5.74) is 1.09. The van der Waals surface area contributed by atoms with E-state index < -0.39 is 0 Å². The number of hydrogen-bond donors (Lipinski definition) is 1. The van der Waals surface area contributed by atoms with Crippen LogP contribution in [-0.2, 0) is 16.1 Å². The molecular weight excluding hydrogens is 242 g/mol. The average molecular weight is 263 g/mol. The summed E-state index contributed by atoms with van der Waals surface area (Å²) in [5, 5.41) is 2.97. The van der Waals surface area contributed by atoms with Crippen molar-refractivity contribution in [3.63, 3.8) is 0 Å². The monoisotopic (exact) mass is 263 g/mol. The number of ether oxygens (including phenoxy) is 2. The zero-order chi connectivity index (χ0) is 13.5. The van der Waals surface area contributed by atoms with Crippen LogP contribution in [0.4, 0.5) is 0 Å². The van der Waals surface area contributed by atoms with Crippen molar-refractivity contribution in [1.82, 2.24) is 5.32 Å². The van der Waals surface area contributed by atoms with Crippen molar-refractivity contribution < 1.29 is 14.3 Å². The van der Waals surface area contributed by atoms with Crippen molar-refractivity contribution in [2.45, 2.75) is 25.8 Å². The van der Waals surface area contributed by atoms with Crippen molar-refractivity contribution in [3.8, 4) is 5.75 Å². The van der Waals surface area contributed by atoms with E-state index in [0.717, 1.165) is 24.2 Å². The number of nitrogens with one attached hydrogen (secondary N) is 1. The van der Waals surface area contributed by atoms with Gasteiger partial charge in [-0.1, -0.05) is 18.6 Å². The molecule has 1 fully saturated rings. The van der Waals surface area contributed by atoms with Crippen LogP contribution in [0.25, 0.3) is 0 Å². The van der Waals surface area contributed by atoms with Gasteiger partial charge in [-0.3, -0.25) is 4.79 Å². The molecule has 4 heteroatoms. The second-order valence-electron chi connectivity index (χ2n) is 4.83. The standard InChI is InChI=1S/C15H21NO3/c1-18-9-10-19-14-7-5-12(6-8-14)11-16-15(17)13-3-2-4-13/h5-8,13H,2-4,9-11H2,1H3,(H,16,17). The molecule has 0 aromatic heterocycles. The molecule has 1 saturated carbocycles. The van der Waals surface area contributed by atoms with E-state index in [-0.39, 0.29) is 11.8 Å². The topological polar surface area (TPSA) is 47.6 Å². The quantitative estimate of drug-likeness (QED) is 0.767. The summed E-state index contributed by atoms with van der Waals surface area (Å²) in [6.07, 6.45) is 3.27. The summed E-state index contributed by atoms with van der Waals surface area (Å²) in [6.45, 7) is 1.72. The minimum atomic E-state index is 0.187. The number of benzene rings is 1. The number of rotatable bonds is 7. The summed E-state index contributed by atoms with van der Waals surface area (Å²) in [7, 11) is 1.65. The van der Waals surface area contributed by atoms with E-state index in [0.29, 0.717) is 19.8 Å². The van der Waals surface area contributed by atoms with Crippen LogP contribution in [0.15, 0.2) is 24.3 Å². The third-order valence-electron chi connectivity index (χ3n) is 3.42. The first kappa shape index (κ1) is 13.9. The lowest BCUT2D eigenvalue weighted by atomic mass is 9.85. The Balaban J connectivity index is 1.73. The highest BCUT2D eigenvalue weighted by Crippen LogP contribution is 2.26. The Morgan fingerprint density at radius 3 is 2.58 bits per heavy atom. The van der Waals surface area contributed by atoms with Gasteiger partial charge < -0.3 is 14.8 Å². The number of carbonyl (C=O) groups is 1. The Hall–Kier alpha value is -1.55. The maximum absolute atomic E-state index is 11.7. The van der Waals surface area contributed by atoms with Crippen LogP contribution in [0, 0.1) is 5.92 Å². The largest absolute Gasteiger partial charge is 0.491 e. The van der Waals surface area contributed by atoms with Gasteiger partial charge in [0.25, 0.3) is 0 Å². The molecule has 1 N–H and O–H groups in total. The zero-order valence-corrected chi connectivity index (χ0v) is 11.4. The van der Waals surface area contributed by atoms with Gasteiger partial charge in [0.2, 0.25) is 5.91 Å². The Morgan fingerprint density at radius 2 is 2.00 bits per heavy atom. The van der Waals surface area contributed by atoms with E-state index in [1.807, 2.05) is 24.3 Å². The molecule has 1 aromatic carbocycles. The smallest absolute Gasteiger partial charge is 0.223 e. The number of carbonyl (C=O) groups excluding carboxylic acids is 1. The molecule has 0 aliphatic heterocycles. The predicted octanol–water partition coefficient (Wildman–Crippen LogP) is 2.13. The Bertz CT molecular complexity index is 398. The van der Waals surface area contributed by atoms with Crippen LogP contribution < -0.4 is 10.1 Å². The highest BCUT2D eigenvalue weighted by Gasteiger charge is 2.24. The number of amides is 1. The second kappa shape index (κ2) is 7.14. The molecule has 0 heterocycles.